The third-order valence-electron chi connectivity index (χ3n) is 4.74. The van der Waals surface area contributed by atoms with E-state index in [1.165, 1.54) is 6.07 Å². The Kier molecular flexibility index (Phi) is 7.75. The number of halogens is 3. The molecular formula is C22H24F3NO5. The normalized spacial score (nSPS) is 16.8. The number of carbonyl (C=O) groups excluding carboxylic acids is 1. The van der Waals surface area contributed by atoms with E-state index in [9.17, 15) is 18.0 Å². The van der Waals surface area contributed by atoms with Crippen LogP contribution in [0.5, 0.6) is 11.5 Å². The van der Waals surface area contributed by atoms with Crippen LogP contribution in [0.3, 0.4) is 0 Å². The van der Waals surface area contributed by atoms with Gasteiger partial charge in [-0.2, -0.15) is 13.2 Å². The van der Waals surface area contributed by atoms with Crippen molar-refractivity contribution in [3.8, 4) is 11.5 Å². The van der Waals surface area contributed by atoms with E-state index < -0.39 is 11.7 Å². The van der Waals surface area contributed by atoms with Gasteiger partial charge in [-0.05, 0) is 42.0 Å². The number of rotatable bonds is 8. The number of amides is 1. The number of alkyl halides is 3. The van der Waals surface area contributed by atoms with Crippen LogP contribution in [0.1, 0.15) is 11.1 Å². The Morgan fingerprint density at radius 1 is 1.16 bits per heavy atom. The van der Waals surface area contributed by atoms with Gasteiger partial charge in [-0.25, -0.2) is 0 Å². The highest BCUT2D eigenvalue weighted by molar-refractivity contribution is 5.77. The number of methoxy groups -OCH3 is 1. The van der Waals surface area contributed by atoms with Crippen molar-refractivity contribution in [3.05, 3.63) is 59.7 Å². The molecule has 0 radical (unpaired) electrons. The molecule has 0 bridgehead atoms. The summed E-state index contributed by atoms with van der Waals surface area (Å²) < 4.78 is 60.1. The van der Waals surface area contributed by atoms with Crippen molar-refractivity contribution in [2.75, 3.05) is 40.0 Å². The summed E-state index contributed by atoms with van der Waals surface area (Å²) in [6.45, 7) is 1.20. The molecule has 1 saturated heterocycles. The molecule has 0 aromatic heterocycles. The highest BCUT2D eigenvalue weighted by atomic mass is 19.4. The minimum atomic E-state index is -4.39. The number of hydrogen-bond acceptors (Lipinski definition) is 5. The third-order valence-corrected chi connectivity index (χ3v) is 4.74. The second-order valence-electron chi connectivity index (χ2n) is 7.01. The molecule has 1 aliphatic heterocycles. The average molecular weight is 439 g/mol. The molecule has 2 aromatic rings. The SMILES string of the molecule is COc1ccc(OCC(=O)N2CCOC(COCc3cccc(C(F)(F)F)c3)C2)cc1. The zero-order valence-corrected chi connectivity index (χ0v) is 17.1. The number of carbonyl (C=O) groups is 1. The first-order valence-corrected chi connectivity index (χ1v) is 9.75. The van der Waals surface area contributed by atoms with Crippen LogP contribution in [0.15, 0.2) is 48.5 Å². The number of hydrogen-bond donors (Lipinski definition) is 0. The number of nitrogens with zero attached hydrogens (tertiary/aromatic N) is 1. The fraction of sp³-hybridized carbons (Fsp3) is 0.409. The molecule has 1 amide bonds. The summed E-state index contributed by atoms with van der Waals surface area (Å²) in [7, 11) is 1.57. The smallest absolute Gasteiger partial charge is 0.416 e. The third kappa shape index (κ3) is 6.86. The maximum absolute atomic E-state index is 12.8. The van der Waals surface area contributed by atoms with Crippen LogP contribution in [0, 0.1) is 0 Å². The molecule has 31 heavy (non-hydrogen) atoms. The largest absolute Gasteiger partial charge is 0.497 e. The van der Waals surface area contributed by atoms with Crippen LogP contribution in [0.2, 0.25) is 0 Å². The van der Waals surface area contributed by atoms with E-state index in [1.54, 1.807) is 42.3 Å². The summed E-state index contributed by atoms with van der Waals surface area (Å²) >= 11 is 0. The highest BCUT2D eigenvalue weighted by Gasteiger charge is 2.30. The zero-order valence-electron chi connectivity index (χ0n) is 17.1. The van der Waals surface area contributed by atoms with Crippen molar-refractivity contribution in [1.82, 2.24) is 4.90 Å². The Balaban J connectivity index is 1.43. The van der Waals surface area contributed by atoms with Gasteiger partial charge in [-0.1, -0.05) is 12.1 Å². The molecule has 168 valence electrons. The summed E-state index contributed by atoms with van der Waals surface area (Å²) in [6, 6.07) is 11.9. The summed E-state index contributed by atoms with van der Waals surface area (Å²) in [6.07, 6.45) is -4.75. The van der Waals surface area contributed by atoms with Crippen molar-refractivity contribution in [2.24, 2.45) is 0 Å². The first-order chi connectivity index (χ1) is 14.8. The van der Waals surface area contributed by atoms with Gasteiger partial charge in [-0.3, -0.25) is 4.79 Å². The number of morpholine rings is 1. The predicted octanol–water partition coefficient (Wildman–Crippen LogP) is 3.54. The number of benzene rings is 2. The van der Waals surface area contributed by atoms with E-state index in [4.69, 9.17) is 18.9 Å². The molecule has 1 heterocycles. The van der Waals surface area contributed by atoms with Gasteiger partial charge in [0.15, 0.2) is 6.61 Å². The summed E-state index contributed by atoms with van der Waals surface area (Å²) in [5.74, 6) is 1.07. The molecule has 1 fully saturated rings. The Labute approximate surface area is 178 Å². The Morgan fingerprint density at radius 2 is 1.90 bits per heavy atom. The molecule has 1 unspecified atom stereocenters. The van der Waals surface area contributed by atoms with Gasteiger partial charge in [0.25, 0.3) is 5.91 Å². The van der Waals surface area contributed by atoms with Gasteiger partial charge in [0.2, 0.25) is 0 Å². The van der Waals surface area contributed by atoms with Crippen LogP contribution in [0.4, 0.5) is 13.2 Å². The predicted molar refractivity (Wildman–Crippen MR) is 106 cm³/mol. The Bertz CT molecular complexity index is 857. The lowest BCUT2D eigenvalue weighted by molar-refractivity contribution is -0.143. The van der Waals surface area contributed by atoms with Crippen LogP contribution in [-0.2, 0) is 27.1 Å². The molecule has 0 saturated carbocycles. The van der Waals surface area contributed by atoms with Gasteiger partial charge >= 0.3 is 6.18 Å². The molecule has 1 atom stereocenters. The molecule has 6 nitrogen and oxygen atoms in total. The van der Waals surface area contributed by atoms with Gasteiger partial charge in [0.1, 0.15) is 11.5 Å². The van der Waals surface area contributed by atoms with Crippen LogP contribution < -0.4 is 9.47 Å². The second-order valence-corrected chi connectivity index (χ2v) is 7.01. The lowest BCUT2D eigenvalue weighted by Gasteiger charge is -2.32. The zero-order chi connectivity index (χ0) is 22.3. The van der Waals surface area contributed by atoms with E-state index in [0.29, 0.717) is 36.8 Å². The lowest BCUT2D eigenvalue weighted by Crippen LogP contribution is -2.48. The fourth-order valence-corrected chi connectivity index (χ4v) is 3.10. The van der Waals surface area contributed by atoms with Crippen molar-refractivity contribution in [3.63, 3.8) is 0 Å². The van der Waals surface area contributed by atoms with Gasteiger partial charge in [0.05, 0.1) is 38.6 Å². The van der Waals surface area contributed by atoms with Crippen molar-refractivity contribution in [1.29, 1.82) is 0 Å². The van der Waals surface area contributed by atoms with E-state index in [2.05, 4.69) is 0 Å². The van der Waals surface area contributed by atoms with Crippen LogP contribution >= 0.6 is 0 Å². The summed E-state index contributed by atoms with van der Waals surface area (Å²) in [4.78, 5) is 14.1. The molecule has 2 aromatic carbocycles. The van der Waals surface area contributed by atoms with E-state index in [0.717, 1.165) is 12.1 Å². The topological polar surface area (TPSA) is 57.2 Å². The molecule has 9 heteroatoms. The minimum absolute atomic E-state index is 0.0261. The van der Waals surface area contributed by atoms with E-state index in [1.807, 2.05) is 0 Å². The minimum Gasteiger partial charge on any atom is -0.497 e. The van der Waals surface area contributed by atoms with Gasteiger partial charge < -0.3 is 23.8 Å². The quantitative estimate of drug-likeness (QED) is 0.630. The first kappa shape index (κ1) is 22.9. The lowest BCUT2D eigenvalue weighted by atomic mass is 10.1. The molecule has 0 N–H and O–H groups in total. The maximum atomic E-state index is 12.8. The summed E-state index contributed by atoms with van der Waals surface area (Å²) in [5.41, 5.74) is -0.289. The van der Waals surface area contributed by atoms with E-state index in [-0.39, 0.29) is 31.8 Å². The van der Waals surface area contributed by atoms with Crippen molar-refractivity contribution >= 4 is 5.91 Å². The second kappa shape index (κ2) is 10.5. The number of ether oxygens (including phenoxy) is 4. The Hall–Kier alpha value is -2.78. The monoisotopic (exact) mass is 439 g/mol. The molecule has 1 aliphatic rings. The Morgan fingerprint density at radius 3 is 2.61 bits per heavy atom. The van der Waals surface area contributed by atoms with Gasteiger partial charge in [-0.15, -0.1) is 0 Å². The molecule has 0 spiro atoms. The van der Waals surface area contributed by atoms with Crippen LogP contribution in [0.25, 0.3) is 0 Å². The van der Waals surface area contributed by atoms with Crippen LogP contribution in [-0.4, -0.2) is 56.9 Å². The van der Waals surface area contributed by atoms with Crippen molar-refractivity contribution < 1.29 is 36.9 Å². The highest BCUT2D eigenvalue weighted by Crippen LogP contribution is 2.29. The maximum Gasteiger partial charge on any atom is 0.416 e. The molecule has 3 rings (SSSR count). The summed E-state index contributed by atoms with van der Waals surface area (Å²) in [5, 5.41) is 0. The average Bonchev–Trinajstić information content (AvgIpc) is 2.77. The fourth-order valence-electron chi connectivity index (χ4n) is 3.10. The molecule has 0 aliphatic carbocycles. The standard InChI is InChI=1S/C22H24F3NO5/c1-28-18-5-7-19(8-6-18)31-15-21(27)26-9-10-30-20(12-26)14-29-13-16-3-2-4-17(11-16)22(23,24)25/h2-8,11,20H,9-10,12-15H2,1H3. The first-order valence-electron chi connectivity index (χ1n) is 9.75. The van der Waals surface area contributed by atoms with E-state index >= 15 is 0 Å². The molecular weight excluding hydrogens is 415 g/mol. The van der Waals surface area contributed by atoms with Gasteiger partial charge in [0, 0.05) is 13.1 Å². The van der Waals surface area contributed by atoms with Crippen molar-refractivity contribution in [2.45, 2.75) is 18.9 Å².